The van der Waals surface area contributed by atoms with Gasteiger partial charge in [0.15, 0.2) is 5.82 Å². The molecule has 1 amide bonds. The summed E-state index contributed by atoms with van der Waals surface area (Å²) in [6, 6.07) is 2.84. The fourth-order valence-corrected chi connectivity index (χ4v) is 2.82. The fraction of sp³-hybridized carbons (Fsp3) is 0.357. The molecular formula is C14H14F2N4O2S. The van der Waals surface area contributed by atoms with Crippen LogP contribution >= 0.6 is 11.8 Å². The molecule has 1 aromatic heterocycles. The van der Waals surface area contributed by atoms with Crippen LogP contribution in [0.1, 0.15) is 24.8 Å². The third kappa shape index (κ3) is 4.26. The van der Waals surface area contributed by atoms with Gasteiger partial charge >= 0.3 is 0 Å². The predicted molar refractivity (Wildman–Crippen MR) is 80.0 cm³/mol. The lowest BCUT2D eigenvalue weighted by atomic mass is 10.2. The zero-order valence-electron chi connectivity index (χ0n) is 12.0. The normalized spacial score (nSPS) is 17.4. The van der Waals surface area contributed by atoms with Gasteiger partial charge in [-0.05, 0) is 25.0 Å². The van der Waals surface area contributed by atoms with E-state index in [1.54, 1.807) is 0 Å². The van der Waals surface area contributed by atoms with Crippen LogP contribution in [0.4, 0.5) is 14.5 Å². The van der Waals surface area contributed by atoms with Crippen LogP contribution in [0.25, 0.3) is 0 Å². The molecule has 0 spiro atoms. The Hall–Kier alpha value is -2.00. The molecule has 1 aliphatic rings. The number of hydrogen-bond acceptors (Lipinski definition) is 5. The second-order valence-corrected chi connectivity index (χ2v) is 5.94. The number of hydrogen-bond donors (Lipinski definition) is 2. The van der Waals surface area contributed by atoms with Crippen LogP contribution in [-0.4, -0.2) is 33.4 Å². The van der Waals surface area contributed by atoms with E-state index in [-0.39, 0.29) is 17.5 Å². The summed E-state index contributed by atoms with van der Waals surface area (Å²) in [7, 11) is 0. The monoisotopic (exact) mass is 340 g/mol. The SMILES string of the molecule is O=C(CSc1n[nH]c([C@@H]2CCCO2)n1)Nc1cc(F)cc(F)c1. The maximum atomic E-state index is 13.0. The largest absolute Gasteiger partial charge is 0.370 e. The first-order valence-electron chi connectivity index (χ1n) is 7.03. The molecule has 1 saturated heterocycles. The van der Waals surface area contributed by atoms with Gasteiger partial charge in [0, 0.05) is 18.4 Å². The zero-order valence-corrected chi connectivity index (χ0v) is 12.8. The molecule has 0 unspecified atom stereocenters. The van der Waals surface area contributed by atoms with Crippen LogP contribution < -0.4 is 5.32 Å². The molecule has 1 fully saturated rings. The molecule has 1 aromatic carbocycles. The number of halogens is 2. The van der Waals surface area contributed by atoms with Crippen molar-refractivity contribution < 1.29 is 18.3 Å². The van der Waals surface area contributed by atoms with Gasteiger partial charge in [-0.15, -0.1) is 5.10 Å². The number of carbonyl (C=O) groups is 1. The van der Waals surface area contributed by atoms with E-state index >= 15 is 0 Å². The number of nitrogens with zero attached hydrogens (tertiary/aromatic N) is 2. The third-order valence-electron chi connectivity index (χ3n) is 3.20. The number of thioether (sulfide) groups is 1. The van der Waals surface area contributed by atoms with Crippen molar-refractivity contribution >= 4 is 23.4 Å². The number of benzene rings is 1. The maximum absolute atomic E-state index is 13.0. The average molecular weight is 340 g/mol. The Morgan fingerprint density at radius 3 is 2.87 bits per heavy atom. The third-order valence-corrected chi connectivity index (χ3v) is 4.04. The van der Waals surface area contributed by atoms with Crippen LogP contribution in [-0.2, 0) is 9.53 Å². The van der Waals surface area contributed by atoms with Gasteiger partial charge in [-0.2, -0.15) is 0 Å². The Bertz CT molecular complexity index is 684. The van der Waals surface area contributed by atoms with E-state index in [4.69, 9.17) is 4.74 Å². The van der Waals surface area contributed by atoms with E-state index in [1.807, 2.05) is 0 Å². The number of aromatic amines is 1. The van der Waals surface area contributed by atoms with Crippen molar-refractivity contribution in [3.05, 3.63) is 35.7 Å². The molecule has 0 saturated carbocycles. The number of ether oxygens (including phenoxy) is 1. The summed E-state index contributed by atoms with van der Waals surface area (Å²) >= 11 is 1.13. The van der Waals surface area contributed by atoms with Crippen LogP contribution in [0.3, 0.4) is 0 Å². The first kappa shape index (κ1) is 15.9. The molecular weight excluding hydrogens is 326 g/mol. The standard InChI is InChI=1S/C14H14F2N4O2S/c15-8-4-9(16)6-10(5-8)17-12(21)7-23-14-18-13(19-20-14)11-2-1-3-22-11/h4-6,11H,1-3,7H2,(H,17,21)(H,18,19,20)/t11-/m0/s1. The van der Waals surface area contributed by atoms with Crippen LogP contribution in [0.15, 0.2) is 23.4 Å². The zero-order chi connectivity index (χ0) is 16.2. The van der Waals surface area contributed by atoms with E-state index in [0.717, 1.165) is 42.8 Å². The summed E-state index contributed by atoms with van der Waals surface area (Å²) < 4.78 is 31.6. The summed E-state index contributed by atoms with van der Waals surface area (Å²) in [5, 5.41) is 9.67. The first-order valence-corrected chi connectivity index (χ1v) is 8.01. The molecule has 1 aliphatic heterocycles. The van der Waals surface area contributed by atoms with E-state index in [2.05, 4.69) is 20.5 Å². The van der Waals surface area contributed by atoms with Gasteiger partial charge in [0.2, 0.25) is 11.1 Å². The van der Waals surface area contributed by atoms with Crippen molar-refractivity contribution in [2.24, 2.45) is 0 Å². The molecule has 2 heterocycles. The highest BCUT2D eigenvalue weighted by Gasteiger charge is 2.21. The molecule has 0 radical (unpaired) electrons. The van der Waals surface area contributed by atoms with Gasteiger partial charge in [-0.3, -0.25) is 9.89 Å². The lowest BCUT2D eigenvalue weighted by Crippen LogP contribution is -2.14. The summed E-state index contributed by atoms with van der Waals surface area (Å²) in [6.07, 6.45) is 1.81. The van der Waals surface area contributed by atoms with Gasteiger partial charge < -0.3 is 10.1 Å². The summed E-state index contributed by atoms with van der Waals surface area (Å²) in [6.45, 7) is 0.709. The number of H-pyrrole nitrogens is 1. The molecule has 3 rings (SSSR count). The van der Waals surface area contributed by atoms with Gasteiger partial charge in [-0.25, -0.2) is 13.8 Å². The summed E-state index contributed by atoms with van der Waals surface area (Å²) in [4.78, 5) is 16.1. The van der Waals surface area contributed by atoms with E-state index in [9.17, 15) is 13.6 Å². The minimum atomic E-state index is -0.747. The fourth-order valence-electron chi connectivity index (χ4n) is 2.21. The average Bonchev–Trinajstić information content (AvgIpc) is 3.15. The van der Waals surface area contributed by atoms with Gasteiger partial charge in [0.25, 0.3) is 0 Å². The van der Waals surface area contributed by atoms with Crippen molar-refractivity contribution in [1.29, 1.82) is 0 Å². The quantitative estimate of drug-likeness (QED) is 0.818. The Morgan fingerprint density at radius 1 is 1.39 bits per heavy atom. The minimum Gasteiger partial charge on any atom is -0.370 e. The van der Waals surface area contributed by atoms with Crippen LogP contribution in [0.5, 0.6) is 0 Å². The lowest BCUT2D eigenvalue weighted by molar-refractivity contribution is -0.113. The number of amides is 1. The highest BCUT2D eigenvalue weighted by molar-refractivity contribution is 7.99. The van der Waals surface area contributed by atoms with Crippen molar-refractivity contribution in [2.45, 2.75) is 24.1 Å². The maximum Gasteiger partial charge on any atom is 0.234 e. The minimum absolute atomic E-state index is 0.0287. The number of carbonyl (C=O) groups excluding carboxylic acids is 1. The first-order chi connectivity index (χ1) is 11.1. The Kier molecular flexibility index (Phi) is 4.87. The molecule has 9 heteroatoms. The molecule has 122 valence electrons. The molecule has 6 nitrogen and oxygen atoms in total. The van der Waals surface area contributed by atoms with Gasteiger partial charge in [0.1, 0.15) is 17.7 Å². The van der Waals surface area contributed by atoms with E-state index in [1.165, 1.54) is 0 Å². The Balaban J connectivity index is 1.52. The molecule has 2 aromatic rings. The summed E-state index contributed by atoms with van der Waals surface area (Å²) in [5.74, 6) is -1.21. The molecule has 0 bridgehead atoms. The Morgan fingerprint density at radius 2 is 2.17 bits per heavy atom. The van der Waals surface area contributed by atoms with Gasteiger partial charge in [0.05, 0.1) is 5.75 Å². The number of anilines is 1. The molecule has 2 N–H and O–H groups in total. The summed E-state index contributed by atoms with van der Waals surface area (Å²) in [5.41, 5.74) is 0.0723. The Labute approximate surface area is 135 Å². The highest BCUT2D eigenvalue weighted by atomic mass is 32.2. The van der Waals surface area contributed by atoms with Crippen molar-refractivity contribution in [1.82, 2.24) is 15.2 Å². The van der Waals surface area contributed by atoms with Crippen molar-refractivity contribution in [3.63, 3.8) is 0 Å². The molecule has 0 aliphatic carbocycles. The topological polar surface area (TPSA) is 79.9 Å². The van der Waals surface area contributed by atoms with Gasteiger partial charge in [-0.1, -0.05) is 11.8 Å². The second kappa shape index (κ2) is 7.05. The van der Waals surface area contributed by atoms with Crippen molar-refractivity contribution in [2.75, 3.05) is 17.7 Å². The number of nitrogens with one attached hydrogen (secondary N) is 2. The highest BCUT2D eigenvalue weighted by Crippen LogP contribution is 2.27. The molecule has 1 atom stereocenters. The van der Waals surface area contributed by atoms with E-state index < -0.39 is 17.5 Å². The van der Waals surface area contributed by atoms with E-state index in [0.29, 0.717) is 17.6 Å². The smallest absolute Gasteiger partial charge is 0.234 e. The lowest BCUT2D eigenvalue weighted by Gasteiger charge is -2.04. The van der Waals surface area contributed by atoms with Crippen molar-refractivity contribution in [3.8, 4) is 0 Å². The molecule has 23 heavy (non-hydrogen) atoms. The van der Waals surface area contributed by atoms with Crippen LogP contribution in [0, 0.1) is 11.6 Å². The van der Waals surface area contributed by atoms with Crippen LogP contribution in [0.2, 0.25) is 0 Å². The number of aromatic nitrogens is 3. The second-order valence-electron chi connectivity index (χ2n) is 5.00. The predicted octanol–water partition coefficient (Wildman–Crippen LogP) is 2.67. The number of rotatable bonds is 5.